The van der Waals surface area contributed by atoms with Crippen molar-refractivity contribution in [1.29, 1.82) is 0 Å². The molecule has 2 unspecified atom stereocenters. The molecule has 4 N–H and O–H groups in total. The summed E-state index contributed by atoms with van der Waals surface area (Å²) in [5, 5.41) is 5.58. The number of benzene rings is 1. The van der Waals surface area contributed by atoms with Gasteiger partial charge in [0.25, 0.3) is 5.91 Å². The average Bonchev–Trinajstić information content (AvgIpc) is 2.45. The summed E-state index contributed by atoms with van der Waals surface area (Å²) < 4.78 is 0. The number of hydrogen-bond acceptors (Lipinski definition) is 3. The molecule has 5 heteroatoms. The highest BCUT2D eigenvalue weighted by Crippen LogP contribution is 2.12. The van der Waals surface area contributed by atoms with Crippen molar-refractivity contribution in [3.8, 4) is 0 Å². The first kappa shape index (κ1) is 17.2. The number of nitrogens with one attached hydrogen (secondary N) is 2. The van der Waals surface area contributed by atoms with Crippen LogP contribution in [0.3, 0.4) is 0 Å². The Bertz CT molecular complexity index is 483. The molecule has 0 bridgehead atoms. The van der Waals surface area contributed by atoms with Gasteiger partial charge in [0.1, 0.15) is 0 Å². The van der Waals surface area contributed by atoms with Gasteiger partial charge in [-0.15, -0.1) is 0 Å². The second kappa shape index (κ2) is 7.78. The Morgan fingerprint density at radius 2 is 1.71 bits per heavy atom. The van der Waals surface area contributed by atoms with Gasteiger partial charge in [0.05, 0.1) is 6.04 Å². The van der Waals surface area contributed by atoms with E-state index in [1.54, 1.807) is 24.3 Å². The molecule has 0 aliphatic carbocycles. The predicted molar refractivity (Wildman–Crippen MR) is 85.1 cm³/mol. The molecule has 0 saturated heterocycles. The van der Waals surface area contributed by atoms with E-state index < -0.39 is 6.04 Å². The third-order valence-electron chi connectivity index (χ3n) is 3.39. The topological polar surface area (TPSA) is 84.2 Å². The van der Waals surface area contributed by atoms with E-state index in [0.717, 1.165) is 6.42 Å². The zero-order valence-electron chi connectivity index (χ0n) is 13.1. The Balaban J connectivity index is 2.66. The fourth-order valence-electron chi connectivity index (χ4n) is 1.79. The number of rotatable bonds is 6. The number of carbonyl (C=O) groups is 2. The fourth-order valence-corrected chi connectivity index (χ4v) is 1.79. The van der Waals surface area contributed by atoms with Crippen LogP contribution in [0.5, 0.6) is 0 Å². The van der Waals surface area contributed by atoms with Crippen molar-refractivity contribution in [1.82, 2.24) is 5.32 Å². The van der Waals surface area contributed by atoms with Crippen molar-refractivity contribution in [2.24, 2.45) is 11.7 Å². The number of hydrogen-bond donors (Lipinski definition) is 3. The second-order valence-corrected chi connectivity index (χ2v) is 5.61. The van der Waals surface area contributed by atoms with Crippen LogP contribution in [0.2, 0.25) is 0 Å². The summed E-state index contributed by atoms with van der Waals surface area (Å²) in [5.41, 5.74) is 7.08. The smallest absolute Gasteiger partial charge is 0.251 e. The van der Waals surface area contributed by atoms with Crippen LogP contribution in [0.25, 0.3) is 0 Å². The maximum absolute atomic E-state index is 12.0. The lowest BCUT2D eigenvalue weighted by Crippen LogP contribution is -2.40. The van der Waals surface area contributed by atoms with Crippen LogP contribution in [0.15, 0.2) is 24.3 Å². The molecule has 0 aliphatic heterocycles. The van der Waals surface area contributed by atoms with Crippen LogP contribution in [-0.4, -0.2) is 23.9 Å². The van der Waals surface area contributed by atoms with Gasteiger partial charge < -0.3 is 16.4 Å². The number of nitrogens with two attached hydrogens (primary N) is 1. The molecule has 5 nitrogen and oxygen atoms in total. The maximum Gasteiger partial charge on any atom is 0.251 e. The van der Waals surface area contributed by atoms with E-state index in [-0.39, 0.29) is 23.8 Å². The van der Waals surface area contributed by atoms with Crippen LogP contribution >= 0.6 is 0 Å². The van der Waals surface area contributed by atoms with Crippen LogP contribution in [-0.2, 0) is 4.79 Å². The molecule has 1 rings (SSSR count). The highest BCUT2D eigenvalue weighted by Gasteiger charge is 2.19. The highest BCUT2D eigenvalue weighted by atomic mass is 16.2. The van der Waals surface area contributed by atoms with Gasteiger partial charge in [0.15, 0.2) is 0 Å². The van der Waals surface area contributed by atoms with Crippen molar-refractivity contribution >= 4 is 17.5 Å². The summed E-state index contributed by atoms with van der Waals surface area (Å²) in [7, 11) is 0. The first-order valence-corrected chi connectivity index (χ1v) is 7.32. The number of carbonyl (C=O) groups excluding carboxylic acids is 2. The summed E-state index contributed by atoms with van der Waals surface area (Å²) >= 11 is 0. The molecule has 0 radical (unpaired) electrons. The molecule has 1 aromatic rings. The Kier molecular flexibility index (Phi) is 6.37. The third kappa shape index (κ3) is 5.19. The average molecular weight is 291 g/mol. The van der Waals surface area contributed by atoms with Gasteiger partial charge >= 0.3 is 0 Å². The summed E-state index contributed by atoms with van der Waals surface area (Å²) in [4.78, 5) is 23.8. The van der Waals surface area contributed by atoms with Gasteiger partial charge in [-0.1, -0.05) is 20.3 Å². The molecule has 0 aromatic heterocycles. The standard InChI is InChI=1S/C16H25N3O2/c1-5-11(4)14(17)16(21)19-13-8-6-12(7-9-13)15(20)18-10(2)3/h6-11,14H,5,17H2,1-4H3,(H,18,20)(H,19,21). The van der Waals surface area contributed by atoms with Gasteiger partial charge in [-0.2, -0.15) is 0 Å². The van der Waals surface area contributed by atoms with E-state index in [4.69, 9.17) is 5.73 Å². The lowest BCUT2D eigenvalue weighted by Gasteiger charge is -2.17. The Morgan fingerprint density at radius 1 is 1.14 bits per heavy atom. The van der Waals surface area contributed by atoms with E-state index in [9.17, 15) is 9.59 Å². The van der Waals surface area contributed by atoms with Crippen LogP contribution in [0, 0.1) is 5.92 Å². The first-order valence-electron chi connectivity index (χ1n) is 7.32. The molecular formula is C16H25N3O2. The van der Waals surface area contributed by atoms with Crippen molar-refractivity contribution in [3.05, 3.63) is 29.8 Å². The largest absolute Gasteiger partial charge is 0.350 e. The minimum absolute atomic E-state index is 0.0883. The highest BCUT2D eigenvalue weighted by molar-refractivity contribution is 5.97. The summed E-state index contributed by atoms with van der Waals surface area (Å²) in [6.45, 7) is 7.76. The fraction of sp³-hybridized carbons (Fsp3) is 0.500. The van der Waals surface area contributed by atoms with E-state index in [2.05, 4.69) is 10.6 Å². The minimum atomic E-state index is -0.529. The molecule has 116 valence electrons. The Morgan fingerprint density at radius 3 is 2.19 bits per heavy atom. The van der Waals surface area contributed by atoms with Crippen LogP contribution < -0.4 is 16.4 Å². The molecule has 0 saturated carbocycles. The van der Waals surface area contributed by atoms with Crippen molar-refractivity contribution in [2.45, 2.75) is 46.2 Å². The van der Waals surface area contributed by atoms with E-state index in [0.29, 0.717) is 11.3 Å². The third-order valence-corrected chi connectivity index (χ3v) is 3.39. The Hall–Kier alpha value is -1.88. The molecular weight excluding hydrogens is 266 g/mol. The zero-order valence-corrected chi connectivity index (χ0v) is 13.1. The van der Waals surface area contributed by atoms with Crippen LogP contribution in [0.1, 0.15) is 44.5 Å². The zero-order chi connectivity index (χ0) is 16.0. The molecule has 0 spiro atoms. The van der Waals surface area contributed by atoms with E-state index in [1.807, 2.05) is 27.7 Å². The molecule has 0 aliphatic rings. The van der Waals surface area contributed by atoms with Crippen molar-refractivity contribution < 1.29 is 9.59 Å². The number of amides is 2. The molecule has 1 aromatic carbocycles. The van der Waals surface area contributed by atoms with Gasteiger partial charge in [-0.05, 0) is 44.0 Å². The van der Waals surface area contributed by atoms with Crippen molar-refractivity contribution in [2.75, 3.05) is 5.32 Å². The van der Waals surface area contributed by atoms with Gasteiger partial charge in [0.2, 0.25) is 5.91 Å². The predicted octanol–water partition coefficient (Wildman–Crippen LogP) is 2.14. The first-order chi connectivity index (χ1) is 9.85. The van der Waals surface area contributed by atoms with Crippen molar-refractivity contribution in [3.63, 3.8) is 0 Å². The number of anilines is 1. The van der Waals surface area contributed by atoms with E-state index >= 15 is 0 Å². The van der Waals surface area contributed by atoms with E-state index in [1.165, 1.54) is 0 Å². The van der Waals surface area contributed by atoms with Crippen LogP contribution in [0.4, 0.5) is 5.69 Å². The summed E-state index contributed by atoms with van der Waals surface area (Å²) in [5.74, 6) is -0.205. The molecule has 0 heterocycles. The minimum Gasteiger partial charge on any atom is -0.350 e. The summed E-state index contributed by atoms with van der Waals surface area (Å²) in [6, 6.07) is 6.33. The lowest BCUT2D eigenvalue weighted by atomic mass is 9.99. The maximum atomic E-state index is 12.0. The van der Waals surface area contributed by atoms with Gasteiger partial charge in [-0.25, -0.2) is 0 Å². The van der Waals surface area contributed by atoms with Gasteiger partial charge in [-0.3, -0.25) is 9.59 Å². The molecule has 2 amide bonds. The normalized spacial score (nSPS) is 13.6. The molecule has 2 atom stereocenters. The lowest BCUT2D eigenvalue weighted by molar-refractivity contribution is -0.118. The quantitative estimate of drug-likeness (QED) is 0.750. The Labute approximate surface area is 126 Å². The molecule has 0 fully saturated rings. The SMILES string of the molecule is CCC(C)C(N)C(=O)Nc1ccc(C(=O)NC(C)C)cc1. The molecule has 21 heavy (non-hydrogen) atoms. The second-order valence-electron chi connectivity index (χ2n) is 5.61. The monoisotopic (exact) mass is 291 g/mol. The van der Waals surface area contributed by atoms with Gasteiger partial charge in [0, 0.05) is 17.3 Å². The summed E-state index contributed by atoms with van der Waals surface area (Å²) in [6.07, 6.45) is 0.850.